The third-order valence-corrected chi connectivity index (χ3v) is 3.68. The molecule has 0 aliphatic rings. The van der Waals surface area contributed by atoms with E-state index in [1.54, 1.807) is 12.4 Å². The van der Waals surface area contributed by atoms with Crippen molar-refractivity contribution in [1.82, 2.24) is 14.5 Å². The van der Waals surface area contributed by atoms with Crippen molar-refractivity contribution in [2.45, 2.75) is 18.9 Å². The van der Waals surface area contributed by atoms with Gasteiger partial charge in [0, 0.05) is 25.7 Å². The van der Waals surface area contributed by atoms with Crippen LogP contribution in [0.3, 0.4) is 0 Å². The first-order chi connectivity index (χ1) is 9.75. The van der Waals surface area contributed by atoms with Gasteiger partial charge >= 0.3 is 0 Å². The predicted octanol–water partition coefficient (Wildman–Crippen LogP) is 2.60. The molecule has 20 heavy (non-hydrogen) atoms. The number of aromatic nitrogens is 3. The molecule has 1 unspecified atom stereocenters. The lowest BCUT2D eigenvalue weighted by molar-refractivity contribution is 0.623. The summed E-state index contributed by atoms with van der Waals surface area (Å²) in [6.45, 7) is 0. The van der Waals surface area contributed by atoms with Crippen molar-refractivity contribution < 1.29 is 0 Å². The van der Waals surface area contributed by atoms with E-state index in [2.05, 4.69) is 26.7 Å². The van der Waals surface area contributed by atoms with E-state index in [1.807, 2.05) is 31.3 Å². The van der Waals surface area contributed by atoms with Gasteiger partial charge < -0.3 is 10.3 Å². The molecule has 0 fully saturated rings. The molecular formula is C16H18N4. The van der Waals surface area contributed by atoms with Crippen LogP contribution < -0.4 is 5.73 Å². The van der Waals surface area contributed by atoms with Gasteiger partial charge in [0.05, 0.1) is 11.7 Å². The molecule has 4 nitrogen and oxygen atoms in total. The Hall–Kier alpha value is -2.20. The van der Waals surface area contributed by atoms with Crippen molar-refractivity contribution in [2.24, 2.45) is 12.8 Å². The lowest BCUT2D eigenvalue weighted by Gasteiger charge is -2.11. The van der Waals surface area contributed by atoms with Gasteiger partial charge in [-0.2, -0.15) is 0 Å². The first kappa shape index (κ1) is 12.8. The van der Waals surface area contributed by atoms with Gasteiger partial charge in [-0.1, -0.05) is 30.3 Å². The van der Waals surface area contributed by atoms with Gasteiger partial charge in [-0.25, -0.2) is 4.98 Å². The third kappa shape index (κ3) is 2.42. The van der Waals surface area contributed by atoms with Crippen molar-refractivity contribution in [3.63, 3.8) is 0 Å². The smallest absolute Gasteiger partial charge is 0.109 e. The quantitative estimate of drug-likeness (QED) is 0.789. The SMILES string of the molecule is Cn1c(CCC(N)c2ccccc2)nc2cnccc21. The number of fused-ring (bicyclic) bond motifs is 1. The van der Waals surface area contributed by atoms with E-state index in [9.17, 15) is 0 Å². The van der Waals surface area contributed by atoms with E-state index in [0.29, 0.717) is 0 Å². The number of hydrogen-bond donors (Lipinski definition) is 1. The number of hydrogen-bond acceptors (Lipinski definition) is 3. The van der Waals surface area contributed by atoms with Crippen LogP contribution in [0.15, 0.2) is 48.8 Å². The van der Waals surface area contributed by atoms with Gasteiger partial charge in [0.15, 0.2) is 0 Å². The summed E-state index contributed by atoms with van der Waals surface area (Å²) in [4.78, 5) is 8.73. The highest BCUT2D eigenvalue weighted by molar-refractivity contribution is 5.74. The van der Waals surface area contributed by atoms with Gasteiger partial charge in [-0.3, -0.25) is 4.98 Å². The standard InChI is InChI=1S/C16H18N4/c1-20-15-9-10-18-11-14(15)19-16(20)8-7-13(17)12-5-3-2-4-6-12/h2-6,9-11,13H,7-8,17H2,1H3. The fraction of sp³-hybridized carbons (Fsp3) is 0.250. The normalized spacial score (nSPS) is 12.7. The van der Waals surface area contributed by atoms with Gasteiger partial charge in [-0.15, -0.1) is 0 Å². The largest absolute Gasteiger partial charge is 0.331 e. The Bertz CT molecular complexity index is 703. The minimum Gasteiger partial charge on any atom is -0.331 e. The monoisotopic (exact) mass is 266 g/mol. The molecule has 3 aromatic rings. The molecule has 4 heteroatoms. The van der Waals surface area contributed by atoms with Gasteiger partial charge in [0.2, 0.25) is 0 Å². The number of imidazole rings is 1. The van der Waals surface area contributed by atoms with Gasteiger partial charge in [0.25, 0.3) is 0 Å². The van der Waals surface area contributed by atoms with Crippen molar-refractivity contribution in [2.75, 3.05) is 0 Å². The summed E-state index contributed by atoms with van der Waals surface area (Å²) in [5.74, 6) is 1.05. The average molecular weight is 266 g/mol. The molecular weight excluding hydrogens is 248 g/mol. The number of pyridine rings is 1. The highest BCUT2D eigenvalue weighted by Gasteiger charge is 2.10. The van der Waals surface area contributed by atoms with Crippen LogP contribution in [0.25, 0.3) is 11.0 Å². The molecule has 2 N–H and O–H groups in total. The first-order valence-corrected chi connectivity index (χ1v) is 6.81. The van der Waals surface area contributed by atoms with E-state index in [0.717, 1.165) is 29.7 Å². The summed E-state index contributed by atoms with van der Waals surface area (Å²) in [6, 6.07) is 12.2. The predicted molar refractivity (Wildman–Crippen MR) is 80.2 cm³/mol. The van der Waals surface area contributed by atoms with Crippen LogP contribution >= 0.6 is 0 Å². The maximum Gasteiger partial charge on any atom is 0.109 e. The maximum atomic E-state index is 6.24. The highest BCUT2D eigenvalue weighted by Crippen LogP contribution is 2.18. The second-order valence-corrected chi connectivity index (χ2v) is 5.01. The molecule has 0 bridgehead atoms. The van der Waals surface area contributed by atoms with Crippen molar-refractivity contribution >= 4 is 11.0 Å². The Kier molecular flexibility index (Phi) is 3.48. The zero-order chi connectivity index (χ0) is 13.9. The molecule has 0 saturated carbocycles. The molecule has 3 rings (SSSR count). The molecule has 0 aliphatic carbocycles. The van der Waals surface area contributed by atoms with E-state index in [4.69, 9.17) is 5.73 Å². The van der Waals surface area contributed by atoms with E-state index < -0.39 is 0 Å². The van der Waals surface area contributed by atoms with Crippen LogP contribution in [0.2, 0.25) is 0 Å². The molecule has 0 spiro atoms. The van der Waals surface area contributed by atoms with Crippen LogP contribution in [-0.2, 0) is 13.5 Å². The second kappa shape index (κ2) is 5.43. The van der Waals surface area contributed by atoms with Crippen LogP contribution in [-0.4, -0.2) is 14.5 Å². The number of benzene rings is 1. The van der Waals surface area contributed by atoms with Crippen molar-refractivity contribution in [3.05, 3.63) is 60.2 Å². The average Bonchev–Trinajstić information content (AvgIpc) is 2.83. The summed E-state index contributed by atoms with van der Waals surface area (Å²) in [5, 5.41) is 0. The molecule has 0 saturated heterocycles. The van der Waals surface area contributed by atoms with Gasteiger partial charge in [-0.05, 0) is 18.1 Å². The van der Waals surface area contributed by atoms with Crippen LogP contribution in [0.1, 0.15) is 23.9 Å². The third-order valence-electron chi connectivity index (χ3n) is 3.68. The molecule has 0 radical (unpaired) electrons. The summed E-state index contributed by atoms with van der Waals surface area (Å²) in [6.07, 6.45) is 5.34. The van der Waals surface area contributed by atoms with Gasteiger partial charge in [0.1, 0.15) is 11.3 Å². The molecule has 2 aromatic heterocycles. The maximum absolute atomic E-state index is 6.24. The number of rotatable bonds is 4. The Balaban J connectivity index is 1.76. The first-order valence-electron chi connectivity index (χ1n) is 6.81. The fourth-order valence-corrected chi connectivity index (χ4v) is 2.48. The molecule has 102 valence electrons. The molecule has 1 aromatic carbocycles. The van der Waals surface area contributed by atoms with Crippen LogP contribution in [0.4, 0.5) is 0 Å². The Morgan fingerprint density at radius 2 is 2.00 bits per heavy atom. The molecule has 1 atom stereocenters. The highest BCUT2D eigenvalue weighted by atomic mass is 15.1. The minimum absolute atomic E-state index is 0.0501. The summed E-state index contributed by atoms with van der Waals surface area (Å²) in [7, 11) is 2.04. The number of nitrogens with zero attached hydrogens (tertiary/aromatic N) is 3. The molecule has 0 amide bonds. The molecule has 2 heterocycles. The van der Waals surface area contributed by atoms with E-state index >= 15 is 0 Å². The van der Waals surface area contributed by atoms with Crippen LogP contribution in [0, 0.1) is 0 Å². The minimum atomic E-state index is 0.0501. The number of aryl methyl sites for hydroxylation is 2. The van der Waals surface area contributed by atoms with Crippen molar-refractivity contribution in [3.8, 4) is 0 Å². The molecule has 0 aliphatic heterocycles. The zero-order valence-corrected chi connectivity index (χ0v) is 11.5. The Labute approximate surface area is 118 Å². The topological polar surface area (TPSA) is 56.7 Å². The van der Waals surface area contributed by atoms with E-state index in [-0.39, 0.29) is 6.04 Å². The Morgan fingerprint density at radius 3 is 2.75 bits per heavy atom. The number of nitrogens with two attached hydrogens (primary N) is 1. The lowest BCUT2D eigenvalue weighted by atomic mass is 10.0. The lowest BCUT2D eigenvalue weighted by Crippen LogP contribution is -2.12. The van der Waals surface area contributed by atoms with E-state index in [1.165, 1.54) is 5.56 Å². The second-order valence-electron chi connectivity index (χ2n) is 5.01. The Morgan fingerprint density at radius 1 is 1.20 bits per heavy atom. The summed E-state index contributed by atoms with van der Waals surface area (Å²) in [5.41, 5.74) is 9.47. The zero-order valence-electron chi connectivity index (χ0n) is 11.5. The van der Waals surface area contributed by atoms with Crippen LogP contribution in [0.5, 0.6) is 0 Å². The fourth-order valence-electron chi connectivity index (χ4n) is 2.48. The summed E-state index contributed by atoms with van der Waals surface area (Å²) >= 11 is 0. The summed E-state index contributed by atoms with van der Waals surface area (Å²) < 4.78 is 2.12. The van der Waals surface area contributed by atoms with Crippen molar-refractivity contribution in [1.29, 1.82) is 0 Å².